The van der Waals surface area contributed by atoms with E-state index in [1.54, 1.807) is 28.4 Å². The summed E-state index contributed by atoms with van der Waals surface area (Å²) >= 11 is 0. The average Bonchev–Trinajstić information content (AvgIpc) is 2.84. The lowest BCUT2D eigenvalue weighted by atomic mass is 10.1. The van der Waals surface area contributed by atoms with E-state index < -0.39 is 0 Å². The first-order valence-corrected chi connectivity index (χ1v) is 11.1. The number of rotatable bonds is 16. The van der Waals surface area contributed by atoms with Crippen molar-refractivity contribution >= 4 is 23.5 Å². The third-order valence-corrected chi connectivity index (χ3v) is 5.25. The van der Waals surface area contributed by atoms with E-state index in [0.717, 1.165) is 37.3 Å². The van der Waals surface area contributed by atoms with Gasteiger partial charge in [0.15, 0.2) is 0 Å². The fourth-order valence-electron chi connectivity index (χ4n) is 3.33. The number of hydrogen-bond acceptors (Lipinski definition) is 6. The van der Waals surface area contributed by atoms with Gasteiger partial charge in [-0.1, -0.05) is 36.4 Å². The Balaban J connectivity index is 2.01. The Labute approximate surface area is 193 Å². The van der Waals surface area contributed by atoms with Crippen LogP contribution in [-0.4, -0.2) is 81.0 Å². The van der Waals surface area contributed by atoms with E-state index in [0.29, 0.717) is 26.4 Å². The van der Waals surface area contributed by atoms with Crippen molar-refractivity contribution in [1.29, 1.82) is 0 Å². The normalized spacial score (nSPS) is 11.2. The van der Waals surface area contributed by atoms with Crippen LogP contribution in [0, 0.1) is 0 Å². The summed E-state index contributed by atoms with van der Waals surface area (Å²) in [4.78, 5) is 4.55. The van der Waals surface area contributed by atoms with E-state index >= 15 is 0 Å². The largest absolute Gasteiger partial charge is 0.383 e. The summed E-state index contributed by atoms with van der Waals surface area (Å²) in [5.41, 5.74) is 4.68. The second-order valence-electron chi connectivity index (χ2n) is 7.46. The minimum atomic E-state index is 0.690. The predicted octanol–water partition coefficient (Wildman–Crippen LogP) is 4.06. The second-order valence-corrected chi connectivity index (χ2v) is 7.46. The fourth-order valence-corrected chi connectivity index (χ4v) is 3.33. The summed E-state index contributed by atoms with van der Waals surface area (Å²) < 4.78 is 21.0. The average molecular weight is 443 g/mol. The molecule has 0 unspecified atom stereocenters. The van der Waals surface area contributed by atoms with E-state index in [4.69, 9.17) is 18.9 Å². The SMILES string of the molecule is COCCN(CCOC)c1ccc(C=Cc2ccc(N(CCOC)CCOC)cc2)cc1. The van der Waals surface area contributed by atoms with Gasteiger partial charge in [0.1, 0.15) is 0 Å². The molecule has 2 aromatic carbocycles. The van der Waals surface area contributed by atoms with Crippen LogP contribution in [0.5, 0.6) is 0 Å². The number of benzene rings is 2. The minimum Gasteiger partial charge on any atom is -0.383 e. The highest BCUT2D eigenvalue weighted by atomic mass is 16.5. The van der Waals surface area contributed by atoms with Crippen LogP contribution in [0.3, 0.4) is 0 Å². The van der Waals surface area contributed by atoms with Crippen LogP contribution in [0.25, 0.3) is 12.2 Å². The van der Waals surface area contributed by atoms with Crippen molar-refractivity contribution in [1.82, 2.24) is 0 Å². The molecule has 2 rings (SSSR count). The summed E-state index contributed by atoms with van der Waals surface area (Å²) in [6.45, 7) is 6.12. The Kier molecular flexibility index (Phi) is 12.5. The Morgan fingerprint density at radius 1 is 0.500 bits per heavy atom. The van der Waals surface area contributed by atoms with Crippen molar-refractivity contribution in [2.75, 3.05) is 90.8 Å². The molecule has 0 fully saturated rings. The quantitative estimate of drug-likeness (QED) is 0.365. The molecule has 0 aliphatic rings. The van der Waals surface area contributed by atoms with E-state index in [1.807, 2.05) is 0 Å². The fraction of sp³-hybridized carbons (Fsp3) is 0.462. The van der Waals surface area contributed by atoms with Gasteiger partial charge in [-0.3, -0.25) is 0 Å². The number of hydrogen-bond donors (Lipinski definition) is 0. The Hall–Kier alpha value is -2.38. The predicted molar refractivity (Wildman–Crippen MR) is 134 cm³/mol. The Morgan fingerprint density at radius 3 is 1.03 bits per heavy atom. The van der Waals surface area contributed by atoms with Crippen molar-refractivity contribution in [3.8, 4) is 0 Å². The number of ether oxygens (including phenoxy) is 4. The number of nitrogens with zero attached hydrogens (tertiary/aromatic N) is 2. The van der Waals surface area contributed by atoms with Crippen molar-refractivity contribution in [2.24, 2.45) is 0 Å². The molecule has 0 heterocycles. The van der Waals surface area contributed by atoms with Crippen molar-refractivity contribution in [3.63, 3.8) is 0 Å². The van der Waals surface area contributed by atoms with Crippen LogP contribution >= 0.6 is 0 Å². The lowest BCUT2D eigenvalue weighted by molar-refractivity contribution is 0.190. The van der Waals surface area contributed by atoms with Crippen LogP contribution in [0.4, 0.5) is 11.4 Å². The molecule has 2 aromatic rings. The van der Waals surface area contributed by atoms with Gasteiger partial charge in [0.05, 0.1) is 26.4 Å². The highest BCUT2D eigenvalue weighted by Crippen LogP contribution is 2.19. The first-order chi connectivity index (χ1) is 15.7. The summed E-state index contributed by atoms with van der Waals surface area (Å²) in [5, 5.41) is 0. The maximum absolute atomic E-state index is 5.24. The standard InChI is InChI=1S/C26H38N2O4/c1-29-19-15-27(16-20-30-2)25-11-7-23(8-12-25)5-6-24-9-13-26(14-10-24)28(17-21-31-3)18-22-32-4/h5-14H,15-22H2,1-4H3. The van der Waals surface area contributed by atoms with Crippen molar-refractivity contribution in [2.45, 2.75) is 0 Å². The molecule has 0 amide bonds. The summed E-state index contributed by atoms with van der Waals surface area (Å²) in [6, 6.07) is 17.2. The molecule has 0 aliphatic heterocycles. The summed E-state index contributed by atoms with van der Waals surface area (Å²) in [6.07, 6.45) is 4.28. The Morgan fingerprint density at radius 2 is 0.781 bits per heavy atom. The van der Waals surface area contributed by atoms with Gasteiger partial charge in [0.25, 0.3) is 0 Å². The Bertz CT molecular complexity index is 681. The molecule has 0 N–H and O–H groups in total. The highest BCUT2D eigenvalue weighted by Gasteiger charge is 2.07. The molecule has 6 nitrogen and oxygen atoms in total. The maximum Gasteiger partial charge on any atom is 0.0637 e. The monoisotopic (exact) mass is 442 g/mol. The lowest BCUT2D eigenvalue weighted by Crippen LogP contribution is -2.30. The molecule has 32 heavy (non-hydrogen) atoms. The molecule has 0 saturated heterocycles. The zero-order chi connectivity index (χ0) is 23.0. The van der Waals surface area contributed by atoms with E-state index in [2.05, 4.69) is 70.5 Å². The molecule has 0 bridgehead atoms. The topological polar surface area (TPSA) is 43.4 Å². The van der Waals surface area contributed by atoms with Crippen LogP contribution in [0.1, 0.15) is 11.1 Å². The third-order valence-electron chi connectivity index (χ3n) is 5.25. The molecule has 0 aromatic heterocycles. The molecule has 0 aliphatic carbocycles. The summed E-state index contributed by atoms with van der Waals surface area (Å²) in [7, 11) is 6.91. The van der Waals surface area contributed by atoms with Gasteiger partial charge < -0.3 is 28.7 Å². The molecule has 0 spiro atoms. The first-order valence-electron chi connectivity index (χ1n) is 11.1. The van der Waals surface area contributed by atoms with Gasteiger partial charge in [-0.25, -0.2) is 0 Å². The molecule has 0 saturated carbocycles. The number of anilines is 2. The van der Waals surface area contributed by atoms with E-state index in [1.165, 1.54) is 11.4 Å². The van der Waals surface area contributed by atoms with E-state index in [9.17, 15) is 0 Å². The van der Waals surface area contributed by atoms with Crippen LogP contribution < -0.4 is 9.80 Å². The molecule has 0 atom stereocenters. The van der Waals surface area contributed by atoms with Gasteiger partial charge in [0, 0.05) is 66.0 Å². The first kappa shape index (κ1) is 25.9. The van der Waals surface area contributed by atoms with E-state index in [-0.39, 0.29) is 0 Å². The summed E-state index contributed by atoms with van der Waals surface area (Å²) in [5.74, 6) is 0. The van der Waals surface area contributed by atoms with Crippen LogP contribution in [0.15, 0.2) is 48.5 Å². The molecule has 176 valence electrons. The third kappa shape index (κ3) is 9.01. The van der Waals surface area contributed by atoms with Gasteiger partial charge in [-0.2, -0.15) is 0 Å². The highest BCUT2D eigenvalue weighted by molar-refractivity contribution is 5.71. The molecule has 0 radical (unpaired) electrons. The second kappa shape index (κ2) is 15.4. The molecular weight excluding hydrogens is 404 g/mol. The molecular formula is C26H38N2O4. The van der Waals surface area contributed by atoms with Crippen LogP contribution in [-0.2, 0) is 18.9 Å². The van der Waals surface area contributed by atoms with Gasteiger partial charge >= 0.3 is 0 Å². The van der Waals surface area contributed by atoms with Crippen molar-refractivity contribution in [3.05, 3.63) is 59.7 Å². The minimum absolute atomic E-state index is 0.690. The smallest absolute Gasteiger partial charge is 0.0637 e. The maximum atomic E-state index is 5.24. The van der Waals surface area contributed by atoms with Crippen LogP contribution in [0.2, 0.25) is 0 Å². The van der Waals surface area contributed by atoms with Gasteiger partial charge in [-0.05, 0) is 35.4 Å². The lowest BCUT2D eigenvalue weighted by Gasteiger charge is -2.24. The zero-order valence-electron chi connectivity index (χ0n) is 20.0. The number of methoxy groups -OCH3 is 4. The molecule has 6 heteroatoms. The van der Waals surface area contributed by atoms with Crippen molar-refractivity contribution < 1.29 is 18.9 Å². The van der Waals surface area contributed by atoms with Gasteiger partial charge in [-0.15, -0.1) is 0 Å². The van der Waals surface area contributed by atoms with Gasteiger partial charge in [0.2, 0.25) is 0 Å². The zero-order valence-corrected chi connectivity index (χ0v) is 20.0.